The van der Waals surface area contributed by atoms with Crippen LogP contribution in [0.1, 0.15) is 28.0 Å². The molecule has 5 nitrogen and oxygen atoms in total. The maximum absolute atomic E-state index is 12.3. The van der Waals surface area contributed by atoms with Gasteiger partial charge in [-0.15, -0.1) is 11.3 Å². The lowest BCUT2D eigenvalue weighted by molar-refractivity contribution is 0.0739. The number of rotatable bonds is 4. The number of thiophene rings is 1. The summed E-state index contributed by atoms with van der Waals surface area (Å²) in [7, 11) is 1.78. The minimum Gasteiger partial charge on any atom is -0.395 e. The molecule has 2 rings (SSSR count). The molecule has 0 aliphatic carbocycles. The van der Waals surface area contributed by atoms with Crippen LogP contribution in [0.15, 0.2) is 17.5 Å². The van der Waals surface area contributed by atoms with Gasteiger partial charge in [0.2, 0.25) is 0 Å². The Morgan fingerprint density at radius 2 is 2.37 bits per heavy atom. The van der Waals surface area contributed by atoms with Crippen LogP contribution in [0.3, 0.4) is 0 Å². The summed E-state index contributed by atoms with van der Waals surface area (Å²) in [5.74, 6) is -0.147. The molecule has 0 fully saturated rings. The van der Waals surface area contributed by atoms with Crippen LogP contribution in [0, 0.1) is 6.92 Å². The molecule has 0 aliphatic heterocycles. The van der Waals surface area contributed by atoms with Crippen molar-refractivity contribution < 1.29 is 4.79 Å². The minimum atomic E-state index is -0.147. The highest BCUT2D eigenvalue weighted by Gasteiger charge is 2.23. The fourth-order valence-corrected chi connectivity index (χ4v) is 2.65. The maximum atomic E-state index is 12.3. The normalized spacial score (nSPS) is 12.4. The van der Waals surface area contributed by atoms with Crippen LogP contribution in [0.2, 0.25) is 0 Å². The fourth-order valence-electron chi connectivity index (χ4n) is 1.82. The number of aromatic amines is 1. The van der Waals surface area contributed by atoms with E-state index in [1.807, 2.05) is 18.4 Å². The highest BCUT2D eigenvalue weighted by atomic mass is 32.1. The highest BCUT2D eigenvalue weighted by molar-refractivity contribution is 7.09. The van der Waals surface area contributed by atoms with E-state index in [0.29, 0.717) is 11.4 Å². The number of nitrogens with one attached hydrogen (secondary N) is 1. The van der Waals surface area contributed by atoms with Crippen molar-refractivity contribution in [2.75, 3.05) is 12.8 Å². The maximum Gasteiger partial charge on any atom is 0.276 e. The molecule has 1 unspecified atom stereocenters. The average Bonchev–Trinajstić information content (AvgIpc) is 3.00. The van der Waals surface area contributed by atoms with E-state index >= 15 is 0 Å². The van der Waals surface area contributed by atoms with Crippen molar-refractivity contribution >= 4 is 22.9 Å². The number of carbonyl (C=O) groups is 1. The smallest absolute Gasteiger partial charge is 0.276 e. The molecule has 0 saturated heterocycles. The Labute approximate surface area is 116 Å². The van der Waals surface area contributed by atoms with Crippen LogP contribution in [0.5, 0.6) is 0 Å². The first-order valence-corrected chi connectivity index (χ1v) is 6.98. The van der Waals surface area contributed by atoms with E-state index in [2.05, 4.69) is 16.3 Å². The molecule has 6 heteroatoms. The van der Waals surface area contributed by atoms with E-state index in [-0.39, 0.29) is 11.9 Å². The molecule has 0 saturated carbocycles. The topological polar surface area (TPSA) is 75.0 Å². The molecular formula is C13H18N4OS. The SMILES string of the molecule is Cc1[nH]nc(C(=O)N(C)C(C)Cc2cccs2)c1N. The second-order valence-electron chi connectivity index (χ2n) is 4.66. The molecule has 0 spiro atoms. The van der Waals surface area contributed by atoms with Gasteiger partial charge in [0.15, 0.2) is 5.69 Å². The molecule has 19 heavy (non-hydrogen) atoms. The predicted molar refractivity (Wildman–Crippen MR) is 77.3 cm³/mol. The number of anilines is 1. The lowest BCUT2D eigenvalue weighted by atomic mass is 10.1. The monoisotopic (exact) mass is 278 g/mol. The molecule has 3 N–H and O–H groups in total. The van der Waals surface area contributed by atoms with Crippen molar-refractivity contribution in [3.63, 3.8) is 0 Å². The van der Waals surface area contributed by atoms with E-state index in [1.54, 1.807) is 30.2 Å². The zero-order chi connectivity index (χ0) is 14.0. The third kappa shape index (κ3) is 2.78. The number of hydrogen-bond acceptors (Lipinski definition) is 4. The van der Waals surface area contributed by atoms with Gasteiger partial charge in [-0.3, -0.25) is 9.89 Å². The Morgan fingerprint density at radius 1 is 1.63 bits per heavy atom. The van der Waals surface area contributed by atoms with Crippen molar-refractivity contribution in [1.29, 1.82) is 0 Å². The Kier molecular flexibility index (Phi) is 3.90. The molecule has 0 radical (unpaired) electrons. The van der Waals surface area contributed by atoms with E-state index in [9.17, 15) is 4.79 Å². The van der Waals surface area contributed by atoms with Crippen LogP contribution in [0.4, 0.5) is 5.69 Å². The minimum absolute atomic E-state index is 0.0996. The third-order valence-corrected chi connectivity index (χ3v) is 4.15. The van der Waals surface area contributed by atoms with Gasteiger partial charge < -0.3 is 10.6 Å². The molecule has 2 aromatic heterocycles. The van der Waals surface area contributed by atoms with Crippen molar-refractivity contribution in [2.24, 2.45) is 0 Å². The summed E-state index contributed by atoms with van der Waals surface area (Å²) < 4.78 is 0. The molecule has 2 heterocycles. The van der Waals surface area contributed by atoms with E-state index < -0.39 is 0 Å². The Hall–Kier alpha value is -1.82. The largest absolute Gasteiger partial charge is 0.395 e. The first kappa shape index (κ1) is 13.6. The molecule has 1 atom stereocenters. The summed E-state index contributed by atoms with van der Waals surface area (Å²) in [5, 5.41) is 8.75. The number of aromatic nitrogens is 2. The molecule has 0 bridgehead atoms. The second kappa shape index (κ2) is 5.44. The zero-order valence-corrected chi connectivity index (χ0v) is 12.1. The van der Waals surface area contributed by atoms with Gasteiger partial charge in [-0.2, -0.15) is 5.10 Å². The molecule has 0 aromatic carbocycles. The number of amides is 1. The average molecular weight is 278 g/mol. The second-order valence-corrected chi connectivity index (χ2v) is 5.69. The summed E-state index contributed by atoms with van der Waals surface area (Å²) >= 11 is 1.70. The Morgan fingerprint density at radius 3 is 2.89 bits per heavy atom. The lowest BCUT2D eigenvalue weighted by Crippen LogP contribution is -2.36. The predicted octanol–water partition coefficient (Wildman–Crippen LogP) is 2.07. The van der Waals surface area contributed by atoms with Crippen LogP contribution in [-0.2, 0) is 6.42 Å². The van der Waals surface area contributed by atoms with Crippen LogP contribution in [-0.4, -0.2) is 34.1 Å². The van der Waals surface area contributed by atoms with Gasteiger partial charge in [-0.25, -0.2) is 0 Å². The van der Waals surface area contributed by atoms with Gasteiger partial charge in [-0.1, -0.05) is 6.07 Å². The van der Waals surface area contributed by atoms with Crippen LogP contribution >= 0.6 is 11.3 Å². The van der Waals surface area contributed by atoms with Crippen molar-refractivity contribution in [1.82, 2.24) is 15.1 Å². The number of nitrogen functional groups attached to an aromatic ring is 1. The summed E-state index contributed by atoms with van der Waals surface area (Å²) in [4.78, 5) is 15.3. The summed E-state index contributed by atoms with van der Waals surface area (Å²) in [6, 6.07) is 4.19. The standard InChI is InChI=1S/C13H18N4OS/c1-8(7-10-5-4-6-19-10)17(3)13(18)12-11(14)9(2)15-16-12/h4-6,8H,7,14H2,1-3H3,(H,15,16). The number of nitrogens with two attached hydrogens (primary N) is 1. The van der Waals surface area contributed by atoms with Gasteiger partial charge >= 0.3 is 0 Å². The molecule has 0 aliphatic rings. The lowest BCUT2D eigenvalue weighted by Gasteiger charge is -2.24. The van der Waals surface area contributed by atoms with Crippen molar-refractivity contribution in [3.8, 4) is 0 Å². The number of nitrogens with zero attached hydrogens (tertiary/aromatic N) is 2. The van der Waals surface area contributed by atoms with Gasteiger partial charge in [0, 0.05) is 24.4 Å². The van der Waals surface area contributed by atoms with E-state index in [1.165, 1.54) is 4.88 Å². The summed E-state index contributed by atoms with van der Waals surface area (Å²) in [6.45, 7) is 3.82. The zero-order valence-electron chi connectivity index (χ0n) is 11.3. The first-order valence-electron chi connectivity index (χ1n) is 6.10. The van der Waals surface area contributed by atoms with Crippen molar-refractivity contribution in [3.05, 3.63) is 33.8 Å². The molecule has 1 amide bonds. The number of carbonyl (C=O) groups excluding carboxylic acids is 1. The fraction of sp³-hybridized carbons (Fsp3) is 0.385. The molecular weight excluding hydrogens is 260 g/mol. The van der Waals surface area contributed by atoms with Gasteiger partial charge in [0.05, 0.1) is 11.4 Å². The van der Waals surface area contributed by atoms with Gasteiger partial charge in [-0.05, 0) is 25.3 Å². The highest BCUT2D eigenvalue weighted by Crippen LogP contribution is 2.18. The first-order chi connectivity index (χ1) is 9.00. The van der Waals surface area contributed by atoms with E-state index in [4.69, 9.17) is 5.73 Å². The van der Waals surface area contributed by atoms with E-state index in [0.717, 1.165) is 12.1 Å². The van der Waals surface area contributed by atoms with Crippen LogP contribution < -0.4 is 5.73 Å². The number of aryl methyl sites for hydroxylation is 1. The van der Waals surface area contributed by atoms with Crippen LogP contribution in [0.25, 0.3) is 0 Å². The van der Waals surface area contributed by atoms with Crippen molar-refractivity contribution in [2.45, 2.75) is 26.3 Å². The number of hydrogen-bond donors (Lipinski definition) is 2. The Balaban J connectivity index is 2.08. The molecule has 102 valence electrons. The van der Waals surface area contributed by atoms with Gasteiger partial charge in [0.1, 0.15) is 0 Å². The quantitative estimate of drug-likeness (QED) is 0.899. The van der Waals surface area contributed by atoms with Gasteiger partial charge in [0.25, 0.3) is 5.91 Å². The number of H-pyrrole nitrogens is 1. The summed E-state index contributed by atoms with van der Waals surface area (Å²) in [5.41, 5.74) is 7.30. The summed E-state index contributed by atoms with van der Waals surface area (Å²) in [6.07, 6.45) is 0.837. The third-order valence-electron chi connectivity index (χ3n) is 3.26. The molecule has 2 aromatic rings. The number of likely N-dealkylation sites (N-methyl/N-ethyl adjacent to an activating group) is 1. The Bertz CT molecular complexity index is 561.